The third-order valence-corrected chi connectivity index (χ3v) is 3.98. The number of fused-ring (bicyclic) bond motifs is 2. The van der Waals surface area contributed by atoms with Crippen LogP contribution in [0.1, 0.15) is 25.7 Å². The largest absolute Gasteiger partial charge is 0.298 e. The Morgan fingerprint density at radius 2 is 2.09 bits per heavy atom. The van der Waals surface area contributed by atoms with Gasteiger partial charge in [0.05, 0.1) is 0 Å². The fraction of sp³-hybridized carbons (Fsp3) is 0.667. The van der Waals surface area contributed by atoms with Gasteiger partial charge in [0.2, 0.25) is 0 Å². The highest BCUT2D eigenvalue weighted by atomic mass is 79.9. The summed E-state index contributed by atoms with van der Waals surface area (Å²) in [4.78, 5) is 10.7. The van der Waals surface area contributed by atoms with Crippen LogP contribution in [0.4, 0.5) is 0 Å². The van der Waals surface area contributed by atoms with E-state index in [1.165, 1.54) is 30.2 Å². The normalized spacial score (nSPS) is 36.1. The molecule has 60 valence electrons. The second kappa shape index (κ2) is 2.74. The van der Waals surface area contributed by atoms with Crippen molar-refractivity contribution in [3.8, 4) is 0 Å². The fourth-order valence-corrected chi connectivity index (χ4v) is 3.12. The zero-order valence-corrected chi connectivity index (χ0v) is 7.93. The first-order valence-electron chi connectivity index (χ1n) is 4.17. The lowest BCUT2D eigenvalue weighted by molar-refractivity contribution is -0.105. The minimum absolute atomic E-state index is 0.584. The van der Waals surface area contributed by atoms with Crippen molar-refractivity contribution in [2.75, 3.05) is 0 Å². The molecule has 0 aromatic carbocycles. The summed E-state index contributed by atoms with van der Waals surface area (Å²) >= 11 is 3.52. The van der Waals surface area contributed by atoms with Crippen LogP contribution < -0.4 is 0 Å². The lowest BCUT2D eigenvalue weighted by Crippen LogP contribution is -2.08. The summed E-state index contributed by atoms with van der Waals surface area (Å²) in [5.41, 5.74) is 1.05. The van der Waals surface area contributed by atoms with Gasteiger partial charge >= 0.3 is 0 Å². The van der Waals surface area contributed by atoms with Gasteiger partial charge in [0.25, 0.3) is 0 Å². The maximum Gasteiger partial charge on any atom is 0.147 e. The minimum atomic E-state index is 0.584. The van der Waals surface area contributed by atoms with Crippen LogP contribution in [0.25, 0.3) is 0 Å². The Morgan fingerprint density at radius 3 is 2.73 bits per heavy atom. The lowest BCUT2D eigenvalue weighted by atomic mass is 9.86. The highest BCUT2D eigenvalue weighted by Gasteiger charge is 2.34. The predicted octanol–water partition coefficient (Wildman–Crippen LogP) is 2.65. The Bertz CT molecular complexity index is 220. The predicted molar refractivity (Wildman–Crippen MR) is 47.5 cm³/mol. The maximum atomic E-state index is 10.7. The van der Waals surface area contributed by atoms with Gasteiger partial charge in [-0.25, -0.2) is 0 Å². The fourth-order valence-electron chi connectivity index (χ4n) is 2.29. The summed E-state index contributed by atoms with van der Waals surface area (Å²) in [5.74, 6) is 1.26. The molecule has 0 spiro atoms. The first kappa shape index (κ1) is 7.53. The van der Waals surface area contributed by atoms with E-state index < -0.39 is 0 Å². The van der Waals surface area contributed by atoms with Crippen LogP contribution >= 0.6 is 15.9 Å². The number of aldehydes is 1. The molecule has 1 nitrogen and oxygen atoms in total. The second-order valence-electron chi connectivity index (χ2n) is 3.48. The molecule has 1 fully saturated rings. The SMILES string of the molecule is O=CC1=C(Br)[C@H]2CCC[C@H]1C2. The number of halogens is 1. The summed E-state index contributed by atoms with van der Waals surface area (Å²) in [5, 5.41) is 0. The first-order valence-corrected chi connectivity index (χ1v) is 4.97. The van der Waals surface area contributed by atoms with Gasteiger partial charge in [-0.1, -0.05) is 22.4 Å². The number of carbonyl (C=O) groups is 1. The summed E-state index contributed by atoms with van der Waals surface area (Å²) < 4.78 is 1.20. The number of carbonyl (C=O) groups excluding carboxylic acids is 1. The van der Waals surface area contributed by atoms with Gasteiger partial charge in [0.15, 0.2) is 0 Å². The molecule has 0 N–H and O–H groups in total. The van der Waals surface area contributed by atoms with Crippen LogP contribution in [0.2, 0.25) is 0 Å². The van der Waals surface area contributed by atoms with E-state index in [-0.39, 0.29) is 0 Å². The molecule has 0 saturated heterocycles. The number of rotatable bonds is 1. The highest BCUT2D eigenvalue weighted by Crippen LogP contribution is 2.47. The van der Waals surface area contributed by atoms with Crippen molar-refractivity contribution in [2.45, 2.75) is 25.7 Å². The van der Waals surface area contributed by atoms with E-state index in [9.17, 15) is 4.79 Å². The molecule has 2 bridgehead atoms. The molecule has 11 heavy (non-hydrogen) atoms. The molecule has 2 heteroatoms. The number of hydrogen-bond donors (Lipinski definition) is 0. The van der Waals surface area contributed by atoms with Crippen molar-refractivity contribution < 1.29 is 4.79 Å². The van der Waals surface area contributed by atoms with Crippen LogP contribution in [-0.4, -0.2) is 6.29 Å². The van der Waals surface area contributed by atoms with E-state index >= 15 is 0 Å². The summed E-state index contributed by atoms with van der Waals surface area (Å²) in [6.45, 7) is 0. The number of allylic oxidation sites excluding steroid dienone is 2. The van der Waals surface area contributed by atoms with E-state index in [1.54, 1.807) is 0 Å². The van der Waals surface area contributed by atoms with Gasteiger partial charge in [0.1, 0.15) is 6.29 Å². The maximum absolute atomic E-state index is 10.7. The quantitative estimate of drug-likeness (QED) is 0.614. The molecule has 0 aromatic heterocycles. The van der Waals surface area contributed by atoms with Crippen LogP contribution in [-0.2, 0) is 4.79 Å². The van der Waals surface area contributed by atoms with Gasteiger partial charge < -0.3 is 0 Å². The van der Waals surface area contributed by atoms with Gasteiger partial charge in [-0.15, -0.1) is 0 Å². The highest BCUT2D eigenvalue weighted by molar-refractivity contribution is 9.11. The molecule has 0 radical (unpaired) electrons. The van der Waals surface area contributed by atoms with E-state index in [2.05, 4.69) is 15.9 Å². The molecular formula is C9H11BrO. The van der Waals surface area contributed by atoms with Crippen LogP contribution in [0.3, 0.4) is 0 Å². The average molecular weight is 215 g/mol. The molecular weight excluding hydrogens is 204 g/mol. The Balaban J connectivity index is 2.32. The van der Waals surface area contributed by atoms with Crippen molar-refractivity contribution in [3.63, 3.8) is 0 Å². The number of hydrogen-bond acceptors (Lipinski definition) is 1. The average Bonchev–Trinajstić information content (AvgIpc) is 2.25. The van der Waals surface area contributed by atoms with Crippen molar-refractivity contribution in [3.05, 3.63) is 10.1 Å². The molecule has 2 atom stereocenters. The Hall–Kier alpha value is -0.110. The van der Waals surface area contributed by atoms with Crippen molar-refractivity contribution in [1.82, 2.24) is 0 Å². The molecule has 1 saturated carbocycles. The van der Waals surface area contributed by atoms with Gasteiger partial charge in [-0.3, -0.25) is 4.79 Å². The summed E-state index contributed by atoms with van der Waals surface area (Å²) in [7, 11) is 0. The summed E-state index contributed by atoms with van der Waals surface area (Å²) in [6, 6.07) is 0. The molecule has 2 aliphatic carbocycles. The van der Waals surface area contributed by atoms with E-state index in [4.69, 9.17) is 0 Å². The molecule has 0 unspecified atom stereocenters. The Kier molecular flexibility index (Phi) is 1.88. The van der Waals surface area contributed by atoms with Gasteiger partial charge in [-0.05, 0) is 31.1 Å². The monoisotopic (exact) mass is 214 g/mol. The smallest absolute Gasteiger partial charge is 0.147 e. The van der Waals surface area contributed by atoms with Crippen LogP contribution in [0, 0.1) is 11.8 Å². The molecule has 2 aliphatic rings. The zero-order chi connectivity index (χ0) is 7.84. The van der Waals surface area contributed by atoms with E-state index in [1.807, 2.05) is 0 Å². The molecule has 0 heterocycles. The molecule has 0 aromatic rings. The Labute approximate surface area is 75.0 Å². The van der Waals surface area contributed by atoms with Gasteiger partial charge in [0, 0.05) is 10.1 Å². The standard InChI is InChI=1S/C9H11BrO/c10-9-7-3-1-2-6(4-7)8(9)5-11/h5-7H,1-4H2/t6-,7-/m0/s1. The third-order valence-electron chi connectivity index (χ3n) is 2.88. The lowest BCUT2D eigenvalue weighted by Gasteiger charge is -2.18. The van der Waals surface area contributed by atoms with E-state index in [0.29, 0.717) is 11.8 Å². The van der Waals surface area contributed by atoms with Crippen molar-refractivity contribution >= 4 is 22.2 Å². The molecule has 0 amide bonds. The Morgan fingerprint density at radius 1 is 1.36 bits per heavy atom. The van der Waals surface area contributed by atoms with Gasteiger partial charge in [-0.2, -0.15) is 0 Å². The topological polar surface area (TPSA) is 17.1 Å². The first-order chi connectivity index (χ1) is 5.33. The minimum Gasteiger partial charge on any atom is -0.298 e. The van der Waals surface area contributed by atoms with Crippen LogP contribution in [0.15, 0.2) is 10.1 Å². The molecule has 0 aliphatic heterocycles. The van der Waals surface area contributed by atoms with Crippen molar-refractivity contribution in [1.29, 1.82) is 0 Å². The second-order valence-corrected chi connectivity index (χ2v) is 4.34. The summed E-state index contributed by atoms with van der Waals surface area (Å²) in [6.07, 6.45) is 6.05. The zero-order valence-electron chi connectivity index (χ0n) is 6.35. The van der Waals surface area contributed by atoms with Crippen molar-refractivity contribution in [2.24, 2.45) is 11.8 Å². The van der Waals surface area contributed by atoms with E-state index in [0.717, 1.165) is 11.9 Å². The molecule has 2 rings (SSSR count). The third kappa shape index (κ3) is 1.08. The van der Waals surface area contributed by atoms with Crippen LogP contribution in [0.5, 0.6) is 0 Å².